The Kier molecular flexibility index (Phi) is 10.1. The summed E-state index contributed by atoms with van der Waals surface area (Å²) < 4.78 is 10.8. The van der Waals surface area contributed by atoms with Crippen LogP contribution in [0.2, 0.25) is 0 Å². The van der Waals surface area contributed by atoms with E-state index in [9.17, 15) is 9.59 Å². The van der Waals surface area contributed by atoms with Crippen LogP contribution in [0.3, 0.4) is 0 Å². The Morgan fingerprint density at radius 3 is 2.24 bits per heavy atom. The summed E-state index contributed by atoms with van der Waals surface area (Å²) in [5.74, 6) is 0.306. The van der Waals surface area contributed by atoms with Crippen molar-refractivity contribution in [1.29, 1.82) is 0 Å². The van der Waals surface area contributed by atoms with E-state index in [0.717, 1.165) is 10.4 Å². The first-order valence-electron chi connectivity index (χ1n) is 11.4. The van der Waals surface area contributed by atoms with E-state index in [-0.39, 0.29) is 25.0 Å². The van der Waals surface area contributed by atoms with Crippen molar-refractivity contribution in [2.45, 2.75) is 26.4 Å². The van der Waals surface area contributed by atoms with Gasteiger partial charge in [-0.1, -0.05) is 48.5 Å². The molecule has 0 saturated carbocycles. The average molecular weight is 481 g/mol. The molecule has 2 amide bonds. The van der Waals surface area contributed by atoms with Crippen LogP contribution < -0.4 is 4.74 Å². The minimum atomic E-state index is -0.222. The number of nitrogens with zero attached hydrogens (tertiary/aromatic N) is 2. The summed E-state index contributed by atoms with van der Waals surface area (Å²) in [4.78, 5) is 31.0. The molecule has 0 N–H and O–H groups in total. The molecule has 3 aromatic rings. The first-order chi connectivity index (χ1) is 16.6. The minimum absolute atomic E-state index is 0.00203. The Hall–Kier alpha value is -3.16. The van der Waals surface area contributed by atoms with Gasteiger partial charge in [0.25, 0.3) is 5.91 Å². The van der Waals surface area contributed by atoms with Gasteiger partial charge in [-0.05, 0) is 48.1 Å². The van der Waals surface area contributed by atoms with Gasteiger partial charge in [-0.15, -0.1) is 11.3 Å². The summed E-state index contributed by atoms with van der Waals surface area (Å²) in [6.45, 7) is 3.87. The molecule has 1 aromatic heterocycles. The lowest BCUT2D eigenvalue weighted by atomic mass is 10.2. The first kappa shape index (κ1) is 25.5. The molecule has 0 fully saturated rings. The van der Waals surface area contributed by atoms with Gasteiger partial charge in [0, 0.05) is 31.7 Å². The van der Waals surface area contributed by atoms with Gasteiger partial charge in [-0.25, -0.2) is 0 Å². The Balaban J connectivity index is 1.71. The molecule has 0 radical (unpaired) electrons. The van der Waals surface area contributed by atoms with Crippen molar-refractivity contribution in [2.75, 3.05) is 33.4 Å². The van der Waals surface area contributed by atoms with Crippen LogP contribution in [0.4, 0.5) is 0 Å². The number of amides is 2. The van der Waals surface area contributed by atoms with E-state index < -0.39 is 0 Å². The zero-order chi connectivity index (χ0) is 24.2. The number of benzene rings is 2. The maximum atomic E-state index is 13.5. The fraction of sp³-hybridized carbons (Fsp3) is 0.333. The molecule has 0 atom stereocenters. The second-order valence-electron chi connectivity index (χ2n) is 8.03. The number of para-hydroxylation sites is 1. The van der Waals surface area contributed by atoms with Crippen LogP contribution in [0.5, 0.6) is 5.75 Å². The summed E-state index contributed by atoms with van der Waals surface area (Å²) in [6.07, 6.45) is 0.642. The molecule has 0 aliphatic carbocycles. The molecule has 3 rings (SSSR count). The fourth-order valence-electron chi connectivity index (χ4n) is 3.48. The lowest BCUT2D eigenvalue weighted by Crippen LogP contribution is -2.44. The van der Waals surface area contributed by atoms with Gasteiger partial charge in [0.2, 0.25) is 5.91 Å². The van der Waals surface area contributed by atoms with Gasteiger partial charge in [-0.2, -0.15) is 0 Å². The molecule has 0 aliphatic heterocycles. The lowest BCUT2D eigenvalue weighted by Gasteiger charge is -2.28. The highest BCUT2D eigenvalue weighted by atomic mass is 32.1. The molecule has 0 bridgehead atoms. The lowest BCUT2D eigenvalue weighted by molar-refractivity contribution is -0.142. The van der Waals surface area contributed by atoms with Gasteiger partial charge in [-0.3, -0.25) is 9.59 Å². The standard InChI is InChI=1S/C27H32N2O4S/c1-22-14-17-34-25(22)19-29(18-23-10-5-3-6-11-23)26(30)20-28(15-9-16-32-2)27(31)21-33-24-12-7-4-8-13-24/h3-8,10-14,17H,9,15-16,18-21H2,1-2H3. The van der Waals surface area contributed by atoms with E-state index in [4.69, 9.17) is 9.47 Å². The Morgan fingerprint density at radius 1 is 0.882 bits per heavy atom. The van der Waals surface area contributed by atoms with Crippen LogP contribution >= 0.6 is 11.3 Å². The number of rotatable bonds is 13. The number of carbonyl (C=O) groups excluding carboxylic acids is 2. The van der Waals surface area contributed by atoms with Crippen LogP contribution in [0.15, 0.2) is 72.1 Å². The highest BCUT2D eigenvalue weighted by molar-refractivity contribution is 7.10. The van der Waals surface area contributed by atoms with Crippen molar-refractivity contribution >= 4 is 23.2 Å². The summed E-state index contributed by atoms with van der Waals surface area (Å²) >= 11 is 1.64. The Bertz CT molecular complexity index is 1020. The van der Waals surface area contributed by atoms with E-state index in [0.29, 0.717) is 38.4 Å². The Labute approximate surface area is 205 Å². The van der Waals surface area contributed by atoms with E-state index in [2.05, 4.69) is 13.0 Å². The second-order valence-corrected chi connectivity index (χ2v) is 9.03. The van der Waals surface area contributed by atoms with Crippen LogP contribution in [-0.2, 0) is 27.4 Å². The number of aryl methyl sites for hydroxylation is 1. The Morgan fingerprint density at radius 2 is 1.59 bits per heavy atom. The summed E-state index contributed by atoms with van der Waals surface area (Å²) in [5.41, 5.74) is 2.22. The molecule has 6 nitrogen and oxygen atoms in total. The number of carbonyl (C=O) groups is 2. The maximum absolute atomic E-state index is 13.5. The van der Waals surface area contributed by atoms with Crippen LogP contribution in [0.1, 0.15) is 22.4 Å². The maximum Gasteiger partial charge on any atom is 0.260 e. The molecule has 34 heavy (non-hydrogen) atoms. The van der Waals surface area contributed by atoms with Gasteiger partial charge >= 0.3 is 0 Å². The molecule has 0 unspecified atom stereocenters. The van der Waals surface area contributed by atoms with Crippen LogP contribution in [0.25, 0.3) is 0 Å². The highest BCUT2D eigenvalue weighted by Gasteiger charge is 2.23. The molecule has 2 aromatic carbocycles. The first-order valence-corrected chi connectivity index (χ1v) is 12.2. The zero-order valence-electron chi connectivity index (χ0n) is 19.8. The van der Waals surface area contributed by atoms with Crippen molar-refractivity contribution in [1.82, 2.24) is 9.80 Å². The number of ether oxygens (including phenoxy) is 2. The van der Waals surface area contributed by atoms with Crippen LogP contribution in [0, 0.1) is 6.92 Å². The third-order valence-corrected chi connectivity index (χ3v) is 6.44. The van der Waals surface area contributed by atoms with E-state index >= 15 is 0 Å². The third kappa shape index (κ3) is 8.01. The number of methoxy groups -OCH3 is 1. The molecule has 0 aliphatic rings. The van der Waals surface area contributed by atoms with Gasteiger partial charge in [0.15, 0.2) is 6.61 Å². The van der Waals surface area contributed by atoms with Crippen molar-refractivity contribution in [3.05, 3.63) is 88.1 Å². The number of thiophene rings is 1. The number of hydrogen-bond acceptors (Lipinski definition) is 5. The number of hydrogen-bond donors (Lipinski definition) is 0. The molecule has 1 heterocycles. The summed E-state index contributed by atoms with van der Waals surface area (Å²) in [7, 11) is 1.63. The van der Waals surface area contributed by atoms with Gasteiger partial charge in [0.05, 0.1) is 13.1 Å². The van der Waals surface area contributed by atoms with E-state index in [1.807, 2.05) is 58.8 Å². The summed E-state index contributed by atoms with van der Waals surface area (Å²) in [6, 6.07) is 21.2. The molecule has 0 saturated heterocycles. The predicted molar refractivity (Wildman–Crippen MR) is 135 cm³/mol. The normalized spacial score (nSPS) is 10.6. The predicted octanol–water partition coefficient (Wildman–Crippen LogP) is 4.53. The SMILES string of the molecule is COCCCN(CC(=O)N(Cc1ccccc1)Cc1sccc1C)C(=O)COc1ccccc1. The van der Waals surface area contributed by atoms with Crippen molar-refractivity contribution < 1.29 is 19.1 Å². The topological polar surface area (TPSA) is 59.1 Å². The largest absolute Gasteiger partial charge is 0.484 e. The average Bonchev–Trinajstić information content (AvgIpc) is 3.27. The third-order valence-electron chi connectivity index (χ3n) is 5.43. The van der Waals surface area contributed by atoms with Crippen molar-refractivity contribution in [2.24, 2.45) is 0 Å². The van der Waals surface area contributed by atoms with Gasteiger partial charge in [0.1, 0.15) is 5.75 Å². The van der Waals surface area contributed by atoms with Crippen molar-refractivity contribution in [3.8, 4) is 5.75 Å². The molecule has 180 valence electrons. The molecule has 7 heteroatoms. The van der Waals surface area contributed by atoms with E-state index in [1.54, 1.807) is 35.5 Å². The summed E-state index contributed by atoms with van der Waals surface area (Å²) in [5, 5.41) is 2.04. The zero-order valence-corrected chi connectivity index (χ0v) is 20.6. The van der Waals surface area contributed by atoms with Crippen LogP contribution in [-0.4, -0.2) is 55.0 Å². The smallest absolute Gasteiger partial charge is 0.260 e. The highest BCUT2D eigenvalue weighted by Crippen LogP contribution is 2.20. The second kappa shape index (κ2) is 13.5. The molecule has 0 spiro atoms. The van der Waals surface area contributed by atoms with Gasteiger partial charge < -0.3 is 19.3 Å². The fourth-order valence-corrected chi connectivity index (χ4v) is 4.40. The van der Waals surface area contributed by atoms with Crippen molar-refractivity contribution in [3.63, 3.8) is 0 Å². The quantitative estimate of drug-likeness (QED) is 0.337. The van der Waals surface area contributed by atoms with E-state index in [1.165, 1.54) is 5.56 Å². The monoisotopic (exact) mass is 480 g/mol. The minimum Gasteiger partial charge on any atom is -0.484 e. The molecular formula is C27H32N2O4S. The molecular weight excluding hydrogens is 448 g/mol.